The molecular formula is C18H22N2. The summed E-state index contributed by atoms with van der Waals surface area (Å²) in [7, 11) is 4.14. The van der Waals surface area contributed by atoms with Crippen molar-refractivity contribution in [2.75, 3.05) is 19.0 Å². The Morgan fingerprint density at radius 1 is 1.00 bits per heavy atom. The van der Waals surface area contributed by atoms with E-state index >= 15 is 0 Å². The van der Waals surface area contributed by atoms with Crippen LogP contribution in [0.5, 0.6) is 0 Å². The Hall–Kier alpha value is -1.80. The molecule has 104 valence electrons. The van der Waals surface area contributed by atoms with Crippen LogP contribution in [-0.4, -0.2) is 20.1 Å². The molecule has 0 heterocycles. The third kappa shape index (κ3) is 3.02. The van der Waals surface area contributed by atoms with Gasteiger partial charge in [-0.05, 0) is 41.7 Å². The zero-order chi connectivity index (χ0) is 13.9. The summed E-state index contributed by atoms with van der Waals surface area (Å²) in [6.07, 6.45) is 2.67. The molecule has 1 N–H and O–H groups in total. The number of hydrogen-bond acceptors (Lipinski definition) is 2. The molecule has 2 aromatic carbocycles. The van der Waals surface area contributed by atoms with E-state index in [1.807, 2.05) is 0 Å². The van der Waals surface area contributed by atoms with Gasteiger partial charge in [0.15, 0.2) is 0 Å². The van der Waals surface area contributed by atoms with Crippen molar-refractivity contribution in [3.8, 4) is 11.1 Å². The highest BCUT2D eigenvalue weighted by atomic mass is 15.1. The van der Waals surface area contributed by atoms with Crippen LogP contribution in [0.15, 0.2) is 48.5 Å². The number of hydrogen-bond donors (Lipinski definition) is 1. The lowest BCUT2D eigenvalue weighted by atomic mass is 9.99. The lowest BCUT2D eigenvalue weighted by Gasteiger charge is -2.14. The third-order valence-electron chi connectivity index (χ3n) is 3.87. The number of benzene rings is 2. The average Bonchev–Trinajstić information content (AvgIpc) is 3.30. The minimum Gasteiger partial charge on any atom is -0.378 e. The van der Waals surface area contributed by atoms with E-state index in [4.69, 9.17) is 0 Å². The highest BCUT2D eigenvalue weighted by molar-refractivity contribution is 5.69. The van der Waals surface area contributed by atoms with Gasteiger partial charge in [0.05, 0.1) is 0 Å². The number of rotatable bonds is 5. The van der Waals surface area contributed by atoms with Crippen LogP contribution in [0.2, 0.25) is 0 Å². The van der Waals surface area contributed by atoms with Gasteiger partial charge in [0.2, 0.25) is 0 Å². The predicted octanol–water partition coefficient (Wildman–Crippen LogP) is 3.67. The minimum atomic E-state index is 0.749. The lowest BCUT2D eigenvalue weighted by Crippen LogP contribution is -2.15. The monoisotopic (exact) mass is 266 g/mol. The van der Waals surface area contributed by atoms with Gasteiger partial charge in [-0.1, -0.05) is 36.4 Å². The molecule has 2 heteroatoms. The van der Waals surface area contributed by atoms with Crippen LogP contribution >= 0.6 is 0 Å². The average molecular weight is 266 g/mol. The maximum atomic E-state index is 3.60. The lowest BCUT2D eigenvalue weighted by molar-refractivity contribution is 0.689. The van der Waals surface area contributed by atoms with E-state index < -0.39 is 0 Å². The molecule has 20 heavy (non-hydrogen) atoms. The Labute approximate surface area is 121 Å². The first-order chi connectivity index (χ1) is 9.74. The van der Waals surface area contributed by atoms with Crippen LogP contribution in [0.1, 0.15) is 18.4 Å². The molecule has 1 aliphatic carbocycles. The van der Waals surface area contributed by atoms with Gasteiger partial charge in [-0.25, -0.2) is 0 Å². The van der Waals surface area contributed by atoms with Crippen LogP contribution in [0.3, 0.4) is 0 Å². The van der Waals surface area contributed by atoms with Crippen molar-refractivity contribution in [1.82, 2.24) is 5.32 Å². The molecule has 1 saturated carbocycles. The van der Waals surface area contributed by atoms with Crippen molar-refractivity contribution in [1.29, 1.82) is 0 Å². The normalized spacial score (nSPS) is 14.3. The Kier molecular flexibility index (Phi) is 3.75. The van der Waals surface area contributed by atoms with Gasteiger partial charge in [0.1, 0.15) is 0 Å². The van der Waals surface area contributed by atoms with E-state index in [2.05, 4.69) is 72.8 Å². The SMILES string of the molecule is CN(C)c1ccc(-c2ccccc2CNC2CC2)cc1. The molecule has 0 unspecified atom stereocenters. The van der Waals surface area contributed by atoms with E-state index in [0.29, 0.717) is 0 Å². The van der Waals surface area contributed by atoms with Crippen molar-refractivity contribution in [3.63, 3.8) is 0 Å². The molecule has 0 atom stereocenters. The van der Waals surface area contributed by atoms with Crippen LogP contribution in [-0.2, 0) is 6.54 Å². The van der Waals surface area contributed by atoms with E-state index in [9.17, 15) is 0 Å². The fourth-order valence-electron chi connectivity index (χ4n) is 2.44. The van der Waals surface area contributed by atoms with Gasteiger partial charge in [-0.15, -0.1) is 0 Å². The van der Waals surface area contributed by atoms with Crippen molar-refractivity contribution in [2.24, 2.45) is 0 Å². The van der Waals surface area contributed by atoms with Gasteiger partial charge in [-0.3, -0.25) is 0 Å². The van der Waals surface area contributed by atoms with Crippen LogP contribution in [0.25, 0.3) is 11.1 Å². The predicted molar refractivity (Wildman–Crippen MR) is 86.1 cm³/mol. The highest BCUT2D eigenvalue weighted by Gasteiger charge is 2.20. The summed E-state index contributed by atoms with van der Waals surface area (Å²) in [5.74, 6) is 0. The standard InChI is InChI=1S/C18H22N2/c1-20(2)17-11-7-14(8-12-17)18-6-4-3-5-15(18)13-19-16-9-10-16/h3-8,11-12,16,19H,9-10,13H2,1-2H3. The van der Waals surface area contributed by atoms with Gasteiger partial charge in [-0.2, -0.15) is 0 Å². The van der Waals surface area contributed by atoms with Crippen LogP contribution in [0.4, 0.5) is 5.69 Å². The molecule has 0 spiro atoms. The zero-order valence-corrected chi connectivity index (χ0v) is 12.3. The van der Waals surface area contributed by atoms with Crippen LogP contribution < -0.4 is 10.2 Å². The summed E-state index contributed by atoms with van der Waals surface area (Å²) in [6, 6.07) is 18.2. The summed E-state index contributed by atoms with van der Waals surface area (Å²) < 4.78 is 0. The van der Waals surface area contributed by atoms with E-state index in [-0.39, 0.29) is 0 Å². The topological polar surface area (TPSA) is 15.3 Å². The second-order valence-corrected chi connectivity index (χ2v) is 5.75. The van der Waals surface area contributed by atoms with Gasteiger partial charge in [0, 0.05) is 32.4 Å². The Bertz CT molecular complexity index is 568. The summed E-state index contributed by atoms with van der Waals surface area (Å²) in [5, 5.41) is 3.60. The largest absolute Gasteiger partial charge is 0.378 e. The molecule has 0 aliphatic heterocycles. The Morgan fingerprint density at radius 2 is 1.70 bits per heavy atom. The molecule has 0 saturated heterocycles. The summed E-state index contributed by atoms with van der Waals surface area (Å²) in [4.78, 5) is 2.13. The first-order valence-corrected chi connectivity index (χ1v) is 7.33. The smallest absolute Gasteiger partial charge is 0.0361 e. The number of anilines is 1. The second-order valence-electron chi connectivity index (χ2n) is 5.75. The first kappa shape index (κ1) is 13.2. The van der Waals surface area contributed by atoms with Crippen LogP contribution in [0, 0.1) is 0 Å². The van der Waals surface area contributed by atoms with Gasteiger partial charge in [0.25, 0.3) is 0 Å². The molecule has 1 aliphatic rings. The maximum Gasteiger partial charge on any atom is 0.0361 e. The summed E-state index contributed by atoms with van der Waals surface area (Å²) in [6.45, 7) is 0.969. The maximum absolute atomic E-state index is 3.60. The molecule has 0 amide bonds. The van der Waals surface area contributed by atoms with E-state index in [0.717, 1.165) is 12.6 Å². The molecule has 3 rings (SSSR count). The molecule has 0 bridgehead atoms. The highest BCUT2D eigenvalue weighted by Crippen LogP contribution is 2.27. The Morgan fingerprint density at radius 3 is 2.35 bits per heavy atom. The summed E-state index contributed by atoms with van der Waals surface area (Å²) >= 11 is 0. The number of nitrogens with zero attached hydrogens (tertiary/aromatic N) is 1. The van der Waals surface area contributed by atoms with E-state index in [1.165, 1.54) is 35.2 Å². The molecule has 1 fully saturated rings. The van der Waals surface area contributed by atoms with Crippen molar-refractivity contribution < 1.29 is 0 Å². The van der Waals surface area contributed by atoms with Crippen molar-refractivity contribution in [3.05, 3.63) is 54.1 Å². The van der Waals surface area contributed by atoms with Gasteiger partial charge < -0.3 is 10.2 Å². The summed E-state index contributed by atoms with van der Waals surface area (Å²) in [5.41, 5.74) is 5.26. The Balaban J connectivity index is 1.84. The zero-order valence-electron chi connectivity index (χ0n) is 12.3. The quantitative estimate of drug-likeness (QED) is 0.888. The molecular weight excluding hydrogens is 244 g/mol. The first-order valence-electron chi connectivity index (χ1n) is 7.33. The van der Waals surface area contributed by atoms with Crippen molar-refractivity contribution >= 4 is 5.69 Å². The molecule has 0 radical (unpaired) electrons. The fourth-order valence-corrected chi connectivity index (χ4v) is 2.44. The fraction of sp³-hybridized carbons (Fsp3) is 0.333. The molecule has 2 aromatic rings. The molecule has 2 nitrogen and oxygen atoms in total. The van der Waals surface area contributed by atoms with E-state index in [1.54, 1.807) is 0 Å². The minimum absolute atomic E-state index is 0.749. The van der Waals surface area contributed by atoms with Crippen molar-refractivity contribution in [2.45, 2.75) is 25.4 Å². The third-order valence-corrected chi connectivity index (χ3v) is 3.87. The number of nitrogens with one attached hydrogen (secondary N) is 1. The molecule has 0 aromatic heterocycles. The van der Waals surface area contributed by atoms with Gasteiger partial charge >= 0.3 is 0 Å². The second kappa shape index (κ2) is 5.68.